The average molecular weight is 297 g/mol. The number of hydrogen-bond donors (Lipinski definition) is 1. The fourth-order valence-corrected chi connectivity index (χ4v) is 1.74. The Morgan fingerprint density at radius 1 is 1.53 bits per heavy atom. The standard InChI is InChI=1S/C12H13BrN2O2/c1-9(16)8-17-12-6-14-15(7-12)11-4-2-3-10(13)5-11/h2-7,9,16H,8H2,1H3. The summed E-state index contributed by atoms with van der Waals surface area (Å²) in [4.78, 5) is 0. The molecule has 1 heterocycles. The molecule has 1 atom stereocenters. The van der Waals surface area contributed by atoms with Crippen LogP contribution in [0.1, 0.15) is 6.92 Å². The second-order valence-corrected chi connectivity index (χ2v) is 4.68. The van der Waals surface area contributed by atoms with Crippen molar-refractivity contribution in [2.75, 3.05) is 6.61 Å². The van der Waals surface area contributed by atoms with Crippen LogP contribution in [0, 0.1) is 0 Å². The van der Waals surface area contributed by atoms with Gasteiger partial charge >= 0.3 is 0 Å². The van der Waals surface area contributed by atoms with Crippen LogP contribution in [-0.2, 0) is 0 Å². The average Bonchev–Trinajstić information content (AvgIpc) is 2.75. The van der Waals surface area contributed by atoms with Crippen LogP contribution in [0.2, 0.25) is 0 Å². The minimum Gasteiger partial charge on any atom is -0.488 e. The third-order valence-corrected chi connectivity index (χ3v) is 2.62. The van der Waals surface area contributed by atoms with Gasteiger partial charge in [0.2, 0.25) is 0 Å². The van der Waals surface area contributed by atoms with Gasteiger partial charge in [-0.1, -0.05) is 22.0 Å². The van der Waals surface area contributed by atoms with Crippen molar-refractivity contribution in [3.63, 3.8) is 0 Å². The molecule has 0 spiro atoms. The fraction of sp³-hybridized carbons (Fsp3) is 0.250. The predicted molar refractivity (Wildman–Crippen MR) is 68.4 cm³/mol. The monoisotopic (exact) mass is 296 g/mol. The lowest BCUT2D eigenvalue weighted by Crippen LogP contribution is -2.12. The molecule has 0 aliphatic rings. The van der Waals surface area contributed by atoms with Gasteiger partial charge in [0.15, 0.2) is 5.75 Å². The van der Waals surface area contributed by atoms with Crippen LogP contribution in [-0.4, -0.2) is 27.6 Å². The van der Waals surface area contributed by atoms with E-state index >= 15 is 0 Å². The fourth-order valence-electron chi connectivity index (χ4n) is 1.36. The molecular formula is C12H13BrN2O2. The van der Waals surface area contributed by atoms with E-state index in [2.05, 4.69) is 21.0 Å². The van der Waals surface area contributed by atoms with Crippen LogP contribution in [0.4, 0.5) is 0 Å². The maximum atomic E-state index is 9.12. The first-order valence-corrected chi connectivity index (χ1v) is 6.06. The summed E-state index contributed by atoms with van der Waals surface area (Å²) >= 11 is 3.41. The smallest absolute Gasteiger partial charge is 0.157 e. The lowest BCUT2D eigenvalue weighted by Gasteiger charge is -2.04. The Bertz CT molecular complexity index is 497. The van der Waals surface area contributed by atoms with Crippen LogP contribution in [0.5, 0.6) is 5.75 Å². The van der Waals surface area contributed by atoms with E-state index in [0.717, 1.165) is 10.2 Å². The quantitative estimate of drug-likeness (QED) is 0.942. The van der Waals surface area contributed by atoms with Gasteiger partial charge in [0.25, 0.3) is 0 Å². The molecule has 4 nitrogen and oxygen atoms in total. The van der Waals surface area contributed by atoms with Crippen LogP contribution in [0.3, 0.4) is 0 Å². The minimum absolute atomic E-state index is 0.268. The van der Waals surface area contributed by atoms with E-state index in [1.165, 1.54) is 0 Å². The van der Waals surface area contributed by atoms with Gasteiger partial charge in [-0.15, -0.1) is 0 Å². The molecule has 0 aliphatic carbocycles. The first-order chi connectivity index (χ1) is 8.15. The van der Waals surface area contributed by atoms with Crippen LogP contribution in [0.15, 0.2) is 41.1 Å². The molecule has 1 unspecified atom stereocenters. The van der Waals surface area contributed by atoms with Gasteiger partial charge in [0.1, 0.15) is 6.61 Å². The highest BCUT2D eigenvalue weighted by Crippen LogP contribution is 2.17. The third-order valence-electron chi connectivity index (χ3n) is 2.12. The number of nitrogens with zero attached hydrogens (tertiary/aromatic N) is 2. The second-order valence-electron chi connectivity index (χ2n) is 3.76. The third kappa shape index (κ3) is 3.31. The molecule has 1 aromatic heterocycles. The van der Waals surface area contributed by atoms with E-state index in [0.29, 0.717) is 5.75 Å². The zero-order chi connectivity index (χ0) is 12.3. The Morgan fingerprint density at radius 3 is 3.06 bits per heavy atom. The van der Waals surface area contributed by atoms with Gasteiger partial charge in [-0.3, -0.25) is 0 Å². The van der Waals surface area contributed by atoms with Crippen molar-refractivity contribution in [1.29, 1.82) is 0 Å². The number of benzene rings is 1. The summed E-state index contributed by atoms with van der Waals surface area (Å²) < 4.78 is 8.08. The molecule has 17 heavy (non-hydrogen) atoms. The zero-order valence-corrected chi connectivity index (χ0v) is 11.0. The molecule has 5 heteroatoms. The van der Waals surface area contributed by atoms with Gasteiger partial charge < -0.3 is 9.84 Å². The van der Waals surface area contributed by atoms with E-state index in [1.54, 1.807) is 24.0 Å². The normalized spacial score (nSPS) is 12.4. The molecule has 0 saturated carbocycles. The Balaban J connectivity index is 2.12. The van der Waals surface area contributed by atoms with Gasteiger partial charge in [0.05, 0.1) is 24.2 Å². The van der Waals surface area contributed by atoms with Crippen LogP contribution < -0.4 is 4.74 Å². The van der Waals surface area contributed by atoms with E-state index in [4.69, 9.17) is 9.84 Å². The van der Waals surface area contributed by atoms with Gasteiger partial charge in [-0.25, -0.2) is 4.68 Å². The molecule has 0 radical (unpaired) electrons. The van der Waals surface area contributed by atoms with Crippen molar-refractivity contribution in [3.8, 4) is 11.4 Å². The van der Waals surface area contributed by atoms with Crippen molar-refractivity contribution in [2.45, 2.75) is 13.0 Å². The molecular weight excluding hydrogens is 284 g/mol. The summed E-state index contributed by atoms with van der Waals surface area (Å²) in [6, 6.07) is 7.82. The van der Waals surface area contributed by atoms with Gasteiger partial charge in [0, 0.05) is 4.47 Å². The lowest BCUT2D eigenvalue weighted by molar-refractivity contribution is 0.122. The summed E-state index contributed by atoms with van der Waals surface area (Å²) in [5.41, 5.74) is 0.950. The number of aliphatic hydroxyl groups is 1. The molecule has 0 bridgehead atoms. The highest BCUT2D eigenvalue weighted by molar-refractivity contribution is 9.10. The maximum Gasteiger partial charge on any atom is 0.157 e. The number of hydrogen-bond acceptors (Lipinski definition) is 3. The highest BCUT2D eigenvalue weighted by Gasteiger charge is 2.03. The Morgan fingerprint density at radius 2 is 2.35 bits per heavy atom. The molecule has 2 aromatic rings. The summed E-state index contributed by atoms with van der Waals surface area (Å²) in [5.74, 6) is 0.644. The number of ether oxygens (including phenoxy) is 1. The largest absolute Gasteiger partial charge is 0.488 e. The summed E-state index contributed by atoms with van der Waals surface area (Å²) in [6.07, 6.45) is 2.93. The van der Waals surface area contributed by atoms with Crippen molar-refractivity contribution in [3.05, 3.63) is 41.1 Å². The first kappa shape index (κ1) is 12.1. The Labute approximate surface area is 108 Å². The van der Waals surface area contributed by atoms with Crippen molar-refractivity contribution in [2.24, 2.45) is 0 Å². The number of halogens is 1. The molecule has 0 fully saturated rings. The van der Waals surface area contributed by atoms with Gasteiger partial charge in [-0.05, 0) is 25.1 Å². The Hall–Kier alpha value is -1.33. The van der Waals surface area contributed by atoms with Crippen LogP contribution >= 0.6 is 15.9 Å². The predicted octanol–water partition coefficient (Wildman–Crippen LogP) is 2.39. The molecule has 0 saturated heterocycles. The van der Waals surface area contributed by atoms with Crippen molar-refractivity contribution < 1.29 is 9.84 Å². The van der Waals surface area contributed by atoms with E-state index in [-0.39, 0.29) is 6.61 Å². The summed E-state index contributed by atoms with van der Waals surface area (Å²) in [6.45, 7) is 1.95. The van der Waals surface area contributed by atoms with E-state index in [9.17, 15) is 0 Å². The molecule has 90 valence electrons. The Kier molecular flexibility index (Phi) is 3.81. The zero-order valence-electron chi connectivity index (χ0n) is 9.38. The molecule has 2 rings (SSSR count). The lowest BCUT2D eigenvalue weighted by atomic mass is 10.3. The number of aromatic nitrogens is 2. The number of rotatable bonds is 4. The molecule has 0 amide bonds. The first-order valence-electron chi connectivity index (χ1n) is 5.26. The summed E-state index contributed by atoms with van der Waals surface area (Å²) in [7, 11) is 0. The highest BCUT2D eigenvalue weighted by atomic mass is 79.9. The van der Waals surface area contributed by atoms with Gasteiger partial charge in [-0.2, -0.15) is 5.10 Å². The van der Waals surface area contributed by atoms with Crippen molar-refractivity contribution >= 4 is 15.9 Å². The minimum atomic E-state index is -0.482. The van der Waals surface area contributed by atoms with Crippen molar-refractivity contribution in [1.82, 2.24) is 9.78 Å². The number of aliphatic hydroxyl groups excluding tert-OH is 1. The topological polar surface area (TPSA) is 47.3 Å². The van der Waals surface area contributed by atoms with Crippen LogP contribution in [0.25, 0.3) is 5.69 Å². The second kappa shape index (κ2) is 5.33. The molecule has 0 aliphatic heterocycles. The van der Waals surface area contributed by atoms with E-state index in [1.807, 2.05) is 24.3 Å². The molecule has 1 aromatic carbocycles. The van der Waals surface area contributed by atoms with E-state index < -0.39 is 6.10 Å². The molecule has 1 N–H and O–H groups in total. The summed E-state index contributed by atoms with van der Waals surface area (Å²) in [5, 5.41) is 13.3. The SMILES string of the molecule is CC(O)COc1cnn(-c2cccc(Br)c2)c1. The maximum absolute atomic E-state index is 9.12.